The van der Waals surface area contributed by atoms with Crippen molar-refractivity contribution < 1.29 is 8.94 Å². The molecule has 0 N–H and O–H groups in total. The molecule has 0 aliphatic carbocycles. The van der Waals surface area contributed by atoms with Crippen molar-refractivity contribution in [2.75, 3.05) is 13.1 Å². The Labute approximate surface area is 95.5 Å². The third-order valence-electron chi connectivity index (χ3n) is 3.57. The van der Waals surface area contributed by atoms with Crippen molar-refractivity contribution >= 4 is 11.4 Å². The van der Waals surface area contributed by atoms with Crippen LogP contribution in [0.2, 0.25) is 0 Å². The Kier molecular flexibility index (Phi) is 3.74. The van der Waals surface area contributed by atoms with Crippen LogP contribution in [0.25, 0.3) is 0 Å². The lowest BCUT2D eigenvalue weighted by Crippen LogP contribution is -2.51. The van der Waals surface area contributed by atoms with Gasteiger partial charge in [0.15, 0.2) is 0 Å². The number of alkyl halides is 1. The molecular formula is C11H22FNOS. The molecule has 0 bridgehead atoms. The lowest BCUT2D eigenvalue weighted by atomic mass is 9.83. The highest BCUT2D eigenvalue weighted by Gasteiger charge is 2.48. The maximum Gasteiger partial charge on any atom is 0.144 e. The van der Waals surface area contributed by atoms with Gasteiger partial charge in [0, 0.05) is 23.3 Å². The third-order valence-corrected chi connectivity index (χ3v) is 5.86. The van der Waals surface area contributed by atoms with E-state index in [4.69, 9.17) is 0 Å². The molecule has 1 saturated heterocycles. The first-order valence-corrected chi connectivity index (χ1v) is 6.58. The lowest BCUT2D eigenvalue weighted by Gasteiger charge is -2.41. The van der Waals surface area contributed by atoms with Crippen LogP contribution in [-0.2, 0) is 11.4 Å². The van der Waals surface area contributed by atoms with Crippen LogP contribution in [0.3, 0.4) is 0 Å². The van der Waals surface area contributed by atoms with Gasteiger partial charge in [-0.15, -0.1) is 4.31 Å². The van der Waals surface area contributed by atoms with Crippen LogP contribution < -0.4 is 0 Å². The molecule has 0 saturated carbocycles. The standard InChI is InChI=1S/C11H22FNOS/c1-10(2,3)11(4,5)15(14)13-7-6-9(12)8-13/h9H,6-8H2,1-5H3/t9-,15?/m1/s1. The average Bonchev–Trinajstić information content (AvgIpc) is 2.48. The van der Waals surface area contributed by atoms with E-state index in [1.807, 2.05) is 13.8 Å². The Morgan fingerprint density at radius 3 is 2.13 bits per heavy atom. The average molecular weight is 235 g/mol. The second kappa shape index (κ2) is 4.22. The number of halogens is 1. The minimum Gasteiger partial charge on any atom is -0.597 e. The molecule has 15 heavy (non-hydrogen) atoms. The van der Waals surface area contributed by atoms with Gasteiger partial charge >= 0.3 is 0 Å². The summed E-state index contributed by atoms with van der Waals surface area (Å²) in [7, 11) is 0. The van der Waals surface area contributed by atoms with Gasteiger partial charge in [-0.25, -0.2) is 4.39 Å². The molecule has 1 heterocycles. The summed E-state index contributed by atoms with van der Waals surface area (Å²) in [6, 6.07) is 0. The summed E-state index contributed by atoms with van der Waals surface area (Å²) in [6.07, 6.45) is -0.281. The van der Waals surface area contributed by atoms with Crippen molar-refractivity contribution in [1.82, 2.24) is 4.31 Å². The van der Waals surface area contributed by atoms with Crippen LogP contribution in [-0.4, -0.2) is 32.9 Å². The van der Waals surface area contributed by atoms with Crippen LogP contribution in [0.1, 0.15) is 41.0 Å². The van der Waals surface area contributed by atoms with Gasteiger partial charge in [0.1, 0.15) is 10.9 Å². The zero-order valence-corrected chi connectivity index (χ0v) is 11.2. The van der Waals surface area contributed by atoms with Gasteiger partial charge in [-0.3, -0.25) is 0 Å². The molecule has 0 aromatic rings. The predicted molar refractivity (Wildman–Crippen MR) is 62.8 cm³/mol. The van der Waals surface area contributed by atoms with E-state index in [-0.39, 0.29) is 10.2 Å². The molecule has 4 heteroatoms. The van der Waals surface area contributed by atoms with E-state index in [2.05, 4.69) is 20.8 Å². The first-order valence-electron chi connectivity index (χ1n) is 5.47. The smallest absolute Gasteiger partial charge is 0.144 e. The molecule has 0 amide bonds. The van der Waals surface area contributed by atoms with Gasteiger partial charge in [-0.05, 0) is 20.3 Å². The van der Waals surface area contributed by atoms with E-state index in [1.54, 1.807) is 4.31 Å². The van der Waals surface area contributed by atoms with E-state index in [0.717, 1.165) is 0 Å². The van der Waals surface area contributed by atoms with E-state index in [9.17, 15) is 8.94 Å². The molecule has 0 aromatic heterocycles. The van der Waals surface area contributed by atoms with E-state index in [0.29, 0.717) is 19.5 Å². The van der Waals surface area contributed by atoms with Gasteiger partial charge in [0.2, 0.25) is 0 Å². The second-order valence-electron chi connectivity index (χ2n) is 5.78. The van der Waals surface area contributed by atoms with E-state index in [1.165, 1.54) is 0 Å². The topological polar surface area (TPSA) is 26.3 Å². The van der Waals surface area contributed by atoms with Crippen LogP contribution >= 0.6 is 0 Å². The molecule has 0 spiro atoms. The Hall–Kier alpha value is 0.200. The van der Waals surface area contributed by atoms with Gasteiger partial charge in [-0.1, -0.05) is 20.8 Å². The summed E-state index contributed by atoms with van der Waals surface area (Å²) in [5, 5.41) is 0. The second-order valence-corrected chi connectivity index (χ2v) is 7.82. The molecule has 1 aliphatic heterocycles. The number of hydrogen-bond acceptors (Lipinski definition) is 2. The highest BCUT2D eigenvalue weighted by Crippen LogP contribution is 2.39. The predicted octanol–water partition coefficient (Wildman–Crippen LogP) is 2.52. The van der Waals surface area contributed by atoms with E-state index < -0.39 is 17.5 Å². The molecule has 1 rings (SSSR count). The van der Waals surface area contributed by atoms with Crippen molar-refractivity contribution in [2.45, 2.75) is 52.0 Å². The Bertz CT molecular complexity index is 227. The highest BCUT2D eigenvalue weighted by molar-refractivity contribution is 7.90. The van der Waals surface area contributed by atoms with Crippen molar-refractivity contribution in [3.8, 4) is 0 Å². The molecule has 0 radical (unpaired) electrons. The molecule has 1 fully saturated rings. The summed E-state index contributed by atoms with van der Waals surface area (Å²) >= 11 is -1.10. The Balaban J connectivity index is 2.71. The SMILES string of the molecule is CC(C)(C)C(C)(C)[S+]([O-])N1CC[C@@H](F)C1. The minimum absolute atomic E-state index is 0.0493. The van der Waals surface area contributed by atoms with Crippen LogP contribution in [0.4, 0.5) is 4.39 Å². The van der Waals surface area contributed by atoms with Crippen LogP contribution in [0.5, 0.6) is 0 Å². The number of rotatable bonds is 2. The molecule has 1 aliphatic rings. The molecule has 2 atom stereocenters. The molecule has 1 unspecified atom stereocenters. The zero-order valence-electron chi connectivity index (χ0n) is 10.3. The normalized spacial score (nSPS) is 27.0. The van der Waals surface area contributed by atoms with Gasteiger partial charge in [0.25, 0.3) is 0 Å². The number of hydrogen-bond donors (Lipinski definition) is 0. The van der Waals surface area contributed by atoms with Crippen LogP contribution in [0, 0.1) is 5.41 Å². The maximum absolute atomic E-state index is 13.0. The molecular weight excluding hydrogens is 213 g/mol. The fraction of sp³-hybridized carbons (Fsp3) is 1.00. The number of nitrogens with zero attached hydrogens (tertiary/aromatic N) is 1. The summed E-state index contributed by atoms with van der Waals surface area (Å²) < 4.78 is 26.8. The quantitative estimate of drug-likeness (QED) is 0.687. The van der Waals surface area contributed by atoms with Crippen molar-refractivity contribution in [1.29, 1.82) is 0 Å². The monoisotopic (exact) mass is 235 g/mol. The zero-order chi connectivity index (χ0) is 11.9. The fourth-order valence-electron chi connectivity index (χ4n) is 1.42. The fourth-order valence-corrected chi connectivity index (χ4v) is 3.16. The Morgan fingerprint density at radius 1 is 1.27 bits per heavy atom. The Morgan fingerprint density at radius 2 is 1.80 bits per heavy atom. The van der Waals surface area contributed by atoms with Gasteiger partial charge in [0.05, 0.1) is 6.54 Å². The first kappa shape index (κ1) is 13.3. The molecule has 2 nitrogen and oxygen atoms in total. The minimum atomic E-state index is -1.10. The summed E-state index contributed by atoms with van der Waals surface area (Å²) in [4.78, 5) is 0. The van der Waals surface area contributed by atoms with Crippen molar-refractivity contribution in [3.05, 3.63) is 0 Å². The first-order chi connectivity index (χ1) is 6.66. The van der Waals surface area contributed by atoms with Crippen LogP contribution in [0.15, 0.2) is 0 Å². The highest BCUT2D eigenvalue weighted by atomic mass is 32.2. The summed E-state index contributed by atoms with van der Waals surface area (Å²) in [5.41, 5.74) is -0.0493. The third kappa shape index (κ3) is 2.66. The van der Waals surface area contributed by atoms with Crippen molar-refractivity contribution in [3.63, 3.8) is 0 Å². The molecule has 90 valence electrons. The van der Waals surface area contributed by atoms with Gasteiger partial charge < -0.3 is 4.55 Å². The maximum atomic E-state index is 13.0. The van der Waals surface area contributed by atoms with Gasteiger partial charge in [-0.2, -0.15) is 0 Å². The summed E-state index contributed by atoms with van der Waals surface area (Å²) in [6.45, 7) is 11.2. The van der Waals surface area contributed by atoms with Crippen molar-refractivity contribution in [2.24, 2.45) is 5.41 Å². The van der Waals surface area contributed by atoms with E-state index >= 15 is 0 Å². The largest absolute Gasteiger partial charge is 0.597 e. The summed E-state index contributed by atoms with van der Waals surface area (Å²) in [5.74, 6) is 0. The molecule has 0 aromatic carbocycles. The lowest BCUT2D eigenvalue weighted by molar-refractivity contribution is 0.281.